The second-order valence-electron chi connectivity index (χ2n) is 5.04. The van der Waals surface area contributed by atoms with Gasteiger partial charge in [0, 0.05) is 12.1 Å². The highest BCUT2D eigenvalue weighted by Crippen LogP contribution is 2.38. The number of benzene rings is 2. The van der Waals surface area contributed by atoms with Crippen LogP contribution in [-0.4, -0.2) is 26.6 Å². The molecule has 0 unspecified atom stereocenters. The number of hydrogen-bond donors (Lipinski definition) is 1. The molecule has 0 spiro atoms. The maximum absolute atomic E-state index is 12.9. The van der Waals surface area contributed by atoms with E-state index in [0.29, 0.717) is 30.2 Å². The fraction of sp³-hybridized carbons (Fsp3) is 0.133. The van der Waals surface area contributed by atoms with Crippen LogP contribution >= 0.6 is 11.3 Å². The topological polar surface area (TPSA) is 77.5 Å². The van der Waals surface area contributed by atoms with E-state index in [1.165, 1.54) is 23.5 Å². The standard InChI is InChI=1S/C15H11FN2O4S2/c16-9-1-3-10(4-2-9)24(19,20)18-15-17-11-7-12-13(8-14(11)23-15)22-6-5-21-12/h1-4,7-8H,5-6H2,(H,17,18). The van der Waals surface area contributed by atoms with Crippen LogP contribution in [0, 0.1) is 5.82 Å². The second-order valence-corrected chi connectivity index (χ2v) is 7.76. The fourth-order valence-corrected chi connectivity index (χ4v) is 4.41. The number of sulfonamides is 1. The number of rotatable bonds is 3. The van der Waals surface area contributed by atoms with Crippen LogP contribution in [0.2, 0.25) is 0 Å². The number of hydrogen-bond acceptors (Lipinski definition) is 6. The van der Waals surface area contributed by atoms with Crippen LogP contribution in [-0.2, 0) is 10.0 Å². The first-order valence-electron chi connectivity index (χ1n) is 7.00. The number of halogens is 1. The Kier molecular flexibility index (Phi) is 3.54. The Bertz CT molecular complexity index is 973. The lowest BCUT2D eigenvalue weighted by molar-refractivity contribution is 0.172. The van der Waals surface area contributed by atoms with Crippen molar-refractivity contribution in [3.8, 4) is 11.5 Å². The van der Waals surface area contributed by atoms with Gasteiger partial charge in [-0.3, -0.25) is 4.72 Å². The van der Waals surface area contributed by atoms with Gasteiger partial charge in [0.2, 0.25) is 0 Å². The van der Waals surface area contributed by atoms with Gasteiger partial charge in [-0.2, -0.15) is 0 Å². The lowest BCUT2D eigenvalue weighted by atomic mass is 10.3. The quantitative estimate of drug-likeness (QED) is 0.771. The number of anilines is 1. The maximum Gasteiger partial charge on any atom is 0.263 e. The zero-order chi connectivity index (χ0) is 16.7. The zero-order valence-corrected chi connectivity index (χ0v) is 13.8. The molecule has 0 atom stereocenters. The van der Waals surface area contributed by atoms with Crippen LogP contribution in [0.1, 0.15) is 0 Å². The summed E-state index contributed by atoms with van der Waals surface area (Å²) in [5, 5.41) is 0.219. The predicted molar refractivity (Wildman–Crippen MR) is 87.8 cm³/mol. The van der Waals surface area contributed by atoms with Gasteiger partial charge >= 0.3 is 0 Å². The Labute approximate surface area is 140 Å². The molecule has 24 heavy (non-hydrogen) atoms. The van der Waals surface area contributed by atoms with Gasteiger partial charge in [0.05, 0.1) is 15.1 Å². The van der Waals surface area contributed by atoms with Gasteiger partial charge in [-0.15, -0.1) is 0 Å². The molecule has 1 aliphatic heterocycles. The predicted octanol–water partition coefficient (Wildman–Crippen LogP) is 3.01. The van der Waals surface area contributed by atoms with Crippen molar-refractivity contribution in [1.29, 1.82) is 0 Å². The summed E-state index contributed by atoms with van der Waals surface area (Å²) >= 11 is 1.18. The third kappa shape index (κ3) is 2.76. The van der Waals surface area contributed by atoms with Crippen LogP contribution in [0.4, 0.5) is 9.52 Å². The second kappa shape index (κ2) is 5.60. The summed E-state index contributed by atoms with van der Waals surface area (Å²) < 4.78 is 51.8. The minimum atomic E-state index is -3.83. The number of nitrogens with zero attached hydrogens (tertiary/aromatic N) is 1. The Morgan fingerprint density at radius 3 is 2.46 bits per heavy atom. The molecule has 3 aromatic rings. The van der Waals surface area contributed by atoms with E-state index in [0.717, 1.165) is 16.8 Å². The third-order valence-electron chi connectivity index (χ3n) is 3.40. The highest BCUT2D eigenvalue weighted by molar-refractivity contribution is 7.93. The summed E-state index contributed by atoms with van der Waals surface area (Å²) in [4.78, 5) is 4.23. The van der Waals surface area contributed by atoms with E-state index >= 15 is 0 Å². The summed E-state index contributed by atoms with van der Waals surface area (Å²) in [6.07, 6.45) is 0. The molecule has 1 aromatic heterocycles. The first-order chi connectivity index (χ1) is 11.5. The van der Waals surface area contributed by atoms with E-state index in [9.17, 15) is 12.8 Å². The van der Waals surface area contributed by atoms with Crippen molar-refractivity contribution in [2.75, 3.05) is 17.9 Å². The van der Waals surface area contributed by atoms with Crippen LogP contribution in [0.25, 0.3) is 10.2 Å². The van der Waals surface area contributed by atoms with Crippen molar-refractivity contribution in [3.05, 3.63) is 42.2 Å². The van der Waals surface area contributed by atoms with Gasteiger partial charge in [0.25, 0.3) is 10.0 Å². The molecule has 2 heterocycles. The number of nitrogens with one attached hydrogen (secondary N) is 1. The molecule has 4 rings (SSSR count). The Hall–Kier alpha value is -2.39. The van der Waals surface area contributed by atoms with Crippen LogP contribution < -0.4 is 14.2 Å². The smallest absolute Gasteiger partial charge is 0.263 e. The molecular weight excluding hydrogens is 355 g/mol. The van der Waals surface area contributed by atoms with Crippen molar-refractivity contribution < 1.29 is 22.3 Å². The number of fused-ring (bicyclic) bond motifs is 2. The average molecular weight is 366 g/mol. The van der Waals surface area contributed by atoms with E-state index in [-0.39, 0.29) is 10.0 Å². The zero-order valence-electron chi connectivity index (χ0n) is 12.2. The van der Waals surface area contributed by atoms with Gasteiger partial charge in [0.1, 0.15) is 19.0 Å². The van der Waals surface area contributed by atoms with Crippen molar-refractivity contribution in [2.45, 2.75) is 4.90 Å². The van der Waals surface area contributed by atoms with E-state index in [1.54, 1.807) is 12.1 Å². The third-order valence-corrected chi connectivity index (χ3v) is 5.82. The Morgan fingerprint density at radius 1 is 1.08 bits per heavy atom. The van der Waals surface area contributed by atoms with E-state index in [4.69, 9.17) is 9.47 Å². The number of thiazole rings is 1. The van der Waals surface area contributed by atoms with Gasteiger partial charge in [0.15, 0.2) is 16.6 Å². The van der Waals surface area contributed by atoms with Gasteiger partial charge < -0.3 is 9.47 Å². The normalized spacial score (nSPS) is 13.9. The monoisotopic (exact) mass is 366 g/mol. The van der Waals surface area contributed by atoms with Crippen molar-refractivity contribution in [3.63, 3.8) is 0 Å². The molecule has 0 radical (unpaired) electrons. The minimum Gasteiger partial charge on any atom is -0.486 e. The highest BCUT2D eigenvalue weighted by Gasteiger charge is 2.19. The van der Waals surface area contributed by atoms with Crippen molar-refractivity contribution in [2.24, 2.45) is 0 Å². The lowest BCUT2D eigenvalue weighted by Gasteiger charge is -2.17. The van der Waals surface area contributed by atoms with E-state index in [1.807, 2.05) is 0 Å². The van der Waals surface area contributed by atoms with Gasteiger partial charge in [-0.1, -0.05) is 11.3 Å². The van der Waals surface area contributed by atoms with E-state index in [2.05, 4.69) is 9.71 Å². The summed E-state index contributed by atoms with van der Waals surface area (Å²) in [6.45, 7) is 0.939. The minimum absolute atomic E-state index is 0.0332. The summed E-state index contributed by atoms with van der Waals surface area (Å²) in [6, 6.07) is 8.08. The molecule has 0 saturated heterocycles. The molecular formula is C15H11FN2O4S2. The molecule has 124 valence electrons. The molecule has 1 aliphatic rings. The SMILES string of the molecule is O=S(=O)(Nc1nc2cc3c(cc2s1)OCCO3)c1ccc(F)cc1. The largest absolute Gasteiger partial charge is 0.486 e. The molecule has 1 N–H and O–H groups in total. The highest BCUT2D eigenvalue weighted by atomic mass is 32.2. The summed E-state index contributed by atoms with van der Waals surface area (Å²) in [5.41, 5.74) is 0.612. The molecule has 0 aliphatic carbocycles. The van der Waals surface area contributed by atoms with Crippen LogP contribution in [0.15, 0.2) is 41.3 Å². The number of ether oxygens (including phenoxy) is 2. The Balaban J connectivity index is 1.68. The Morgan fingerprint density at radius 2 is 1.75 bits per heavy atom. The molecule has 0 fully saturated rings. The fourth-order valence-electron chi connectivity index (χ4n) is 2.30. The summed E-state index contributed by atoms with van der Waals surface area (Å²) in [7, 11) is -3.83. The van der Waals surface area contributed by atoms with Crippen molar-refractivity contribution >= 4 is 36.7 Å². The van der Waals surface area contributed by atoms with Crippen LogP contribution in [0.3, 0.4) is 0 Å². The number of aromatic nitrogens is 1. The molecule has 2 aromatic carbocycles. The average Bonchev–Trinajstić information content (AvgIpc) is 2.93. The molecule has 0 saturated carbocycles. The van der Waals surface area contributed by atoms with E-state index < -0.39 is 15.8 Å². The first-order valence-corrected chi connectivity index (χ1v) is 9.30. The molecule has 9 heteroatoms. The summed E-state index contributed by atoms with van der Waals surface area (Å²) in [5.74, 6) is 0.705. The molecule has 6 nitrogen and oxygen atoms in total. The van der Waals surface area contributed by atoms with Gasteiger partial charge in [-0.05, 0) is 24.3 Å². The van der Waals surface area contributed by atoms with Crippen molar-refractivity contribution in [1.82, 2.24) is 4.98 Å². The first kappa shape index (κ1) is 15.2. The lowest BCUT2D eigenvalue weighted by Crippen LogP contribution is -2.15. The van der Waals surface area contributed by atoms with Gasteiger partial charge in [-0.25, -0.2) is 17.8 Å². The molecule has 0 bridgehead atoms. The maximum atomic E-state index is 12.9. The molecule has 0 amide bonds. The van der Waals surface area contributed by atoms with Crippen LogP contribution in [0.5, 0.6) is 11.5 Å².